The van der Waals surface area contributed by atoms with Crippen molar-refractivity contribution in [3.63, 3.8) is 0 Å². The van der Waals surface area contributed by atoms with Crippen LogP contribution in [0.1, 0.15) is 24.2 Å². The molecule has 1 fully saturated rings. The first kappa shape index (κ1) is 13.3. The van der Waals surface area contributed by atoms with Crippen molar-refractivity contribution in [3.05, 3.63) is 23.8 Å². The molecular weight excluding hydrogens is 261 g/mol. The molecule has 1 aliphatic rings. The number of carboxylic acids is 1. The van der Waals surface area contributed by atoms with Gasteiger partial charge in [0, 0.05) is 18.3 Å². The van der Waals surface area contributed by atoms with Crippen LogP contribution in [-0.4, -0.2) is 21.0 Å². The summed E-state index contributed by atoms with van der Waals surface area (Å²) >= 11 is 0. The van der Waals surface area contributed by atoms with Gasteiger partial charge in [-0.2, -0.15) is 13.2 Å². The van der Waals surface area contributed by atoms with E-state index in [4.69, 9.17) is 5.11 Å². The number of halogens is 3. The van der Waals surface area contributed by atoms with Gasteiger partial charge in [0.25, 0.3) is 0 Å². The molecule has 2 rings (SSSR count). The summed E-state index contributed by atoms with van der Waals surface area (Å²) in [6, 6.07) is 0. The number of aromatic nitrogens is 2. The predicted octanol–water partition coefficient (Wildman–Crippen LogP) is 1.96. The maximum absolute atomic E-state index is 12.2. The van der Waals surface area contributed by atoms with Crippen LogP contribution in [0.15, 0.2) is 12.4 Å². The fourth-order valence-corrected chi connectivity index (χ4v) is 1.64. The molecule has 0 aromatic carbocycles. The number of nitrogens with zero attached hydrogens (tertiary/aromatic N) is 2. The molecule has 1 saturated carbocycles. The van der Waals surface area contributed by atoms with Crippen molar-refractivity contribution >= 4 is 5.97 Å². The van der Waals surface area contributed by atoms with Crippen molar-refractivity contribution in [2.75, 3.05) is 0 Å². The highest BCUT2D eigenvalue weighted by molar-refractivity contribution is 5.71. The lowest BCUT2D eigenvalue weighted by Gasteiger charge is -2.27. The number of hydrogen-bond acceptors (Lipinski definition) is 3. The third-order valence-electron chi connectivity index (χ3n) is 2.85. The monoisotopic (exact) mass is 270 g/mol. The Morgan fingerprint density at radius 2 is 1.89 bits per heavy atom. The van der Waals surface area contributed by atoms with Crippen LogP contribution in [0.25, 0.3) is 0 Å². The second kappa shape index (κ2) is 4.88. The number of carbonyl (C=O) groups is 1. The van der Waals surface area contributed by atoms with Crippen LogP contribution in [0, 0.1) is 23.7 Å². The fraction of sp³-hybridized carbons (Fsp3) is 0.417. The molecule has 100 valence electrons. The van der Waals surface area contributed by atoms with Gasteiger partial charge < -0.3 is 5.11 Å². The Morgan fingerprint density at radius 3 is 2.37 bits per heavy atom. The molecule has 1 aliphatic carbocycles. The molecule has 0 radical (unpaired) electrons. The molecule has 1 N–H and O–H groups in total. The van der Waals surface area contributed by atoms with Gasteiger partial charge >= 0.3 is 12.1 Å². The topological polar surface area (TPSA) is 63.1 Å². The fourth-order valence-electron chi connectivity index (χ4n) is 1.64. The number of aliphatic carboxylic acids is 1. The van der Waals surface area contributed by atoms with Gasteiger partial charge in [-0.25, -0.2) is 9.97 Å². The molecule has 0 atom stereocenters. The molecule has 0 spiro atoms. The van der Waals surface area contributed by atoms with E-state index in [1.54, 1.807) is 0 Å². The second-order valence-electron chi connectivity index (χ2n) is 4.27. The van der Waals surface area contributed by atoms with E-state index in [1.807, 2.05) is 0 Å². The first-order valence-corrected chi connectivity index (χ1v) is 5.50. The van der Waals surface area contributed by atoms with E-state index in [0.29, 0.717) is 25.2 Å². The van der Waals surface area contributed by atoms with E-state index < -0.39 is 17.7 Å². The summed E-state index contributed by atoms with van der Waals surface area (Å²) in [5.41, 5.74) is -0.923. The Hall–Kier alpha value is -2.10. The summed E-state index contributed by atoms with van der Waals surface area (Å²) in [6.45, 7) is 0. The zero-order valence-corrected chi connectivity index (χ0v) is 9.61. The van der Waals surface area contributed by atoms with Crippen LogP contribution in [0.4, 0.5) is 13.2 Å². The summed E-state index contributed by atoms with van der Waals surface area (Å²) in [5.74, 6) is 4.06. The molecule has 0 saturated heterocycles. The van der Waals surface area contributed by atoms with Crippen molar-refractivity contribution in [3.8, 4) is 11.8 Å². The van der Waals surface area contributed by atoms with Crippen molar-refractivity contribution in [2.24, 2.45) is 11.8 Å². The normalized spacial score (nSPS) is 22.1. The number of alkyl halides is 3. The molecule has 1 aromatic rings. The van der Waals surface area contributed by atoms with Gasteiger partial charge in [-0.15, -0.1) is 0 Å². The first-order chi connectivity index (χ1) is 8.86. The highest BCUT2D eigenvalue weighted by Crippen LogP contribution is 2.33. The Balaban J connectivity index is 1.97. The lowest BCUT2D eigenvalue weighted by atomic mass is 9.75. The minimum Gasteiger partial charge on any atom is -0.481 e. The third-order valence-corrected chi connectivity index (χ3v) is 2.85. The van der Waals surface area contributed by atoms with Gasteiger partial charge in [0.2, 0.25) is 5.82 Å². The summed E-state index contributed by atoms with van der Waals surface area (Å²) in [7, 11) is 0. The Morgan fingerprint density at radius 1 is 1.32 bits per heavy atom. The zero-order valence-electron chi connectivity index (χ0n) is 9.61. The van der Waals surface area contributed by atoms with E-state index >= 15 is 0 Å². The highest BCUT2D eigenvalue weighted by Gasteiger charge is 2.33. The van der Waals surface area contributed by atoms with Crippen LogP contribution in [0.3, 0.4) is 0 Å². The number of hydrogen-bond donors (Lipinski definition) is 1. The Labute approximate surface area is 106 Å². The van der Waals surface area contributed by atoms with Crippen molar-refractivity contribution in [1.82, 2.24) is 9.97 Å². The second-order valence-corrected chi connectivity index (χ2v) is 4.27. The summed E-state index contributed by atoms with van der Waals surface area (Å²) < 4.78 is 36.7. The Kier molecular flexibility index (Phi) is 3.42. The van der Waals surface area contributed by atoms with E-state index in [0.717, 1.165) is 0 Å². The molecule has 0 amide bonds. The lowest BCUT2D eigenvalue weighted by Crippen LogP contribution is -2.29. The average Bonchev–Trinajstić information content (AvgIpc) is 2.25. The molecule has 0 unspecified atom stereocenters. The van der Waals surface area contributed by atoms with Gasteiger partial charge in [-0.1, -0.05) is 5.92 Å². The predicted molar refractivity (Wildman–Crippen MR) is 57.8 cm³/mol. The van der Waals surface area contributed by atoms with Crippen LogP contribution in [0.2, 0.25) is 0 Å². The van der Waals surface area contributed by atoms with Crippen molar-refractivity contribution in [2.45, 2.75) is 19.0 Å². The standard InChI is InChI=1S/C12H9F3N2O2/c13-12(14,15)9-5-16-10(17-6-9)2-1-7-3-8(4-7)11(18)19/h5-8H,3-4H2,(H,18,19)/t7-,8+. The van der Waals surface area contributed by atoms with Gasteiger partial charge in [0.15, 0.2) is 0 Å². The van der Waals surface area contributed by atoms with E-state index in [9.17, 15) is 18.0 Å². The zero-order chi connectivity index (χ0) is 14.0. The molecule has 1 aromatic heterocycles. The first-order valence-electron chi connectivity index (χ1n) is 5.50. The van der Waals surface area contributed by atoms with Gasteiger partial charge in [-0.05, 0) is 18.8 Å². The lowest BCUT2D eigenvalue weighted by molar-refractivity contribution is -0.145. The molecule has 4 nitrogen and oxygen atoms in total. The van der Waals surface area contributed by atoms with E-state index in [2.05, 4.69) is 21.8 Å². The van der Waals surface area contributed by atoms with Gasteiger partial charge in [0.05, 0.1) is 11.5 Å². The summed E-state index contributed by atoms with van der Waals surface area (Å²) in [6.07, 6.45) is -2.18. The van der Waals surface area contributed by atoms with Crippen molar-refractivity contribution in [1.29, 1.82) is 0 Å². The Bertz CT molecular complexity index is 537. The maximum Gasteiger partial charge on any atom is 0.419 e. The largest absolute Gasteiger partial charge is 0.481 e. The van der Waals surface area contributed by atoms with Crippen LogP contribution >= 0.6 is 0 Å². The molecule has 7 heteroatoms. The SMILES string of the molecule is O=C(O)[C@H]1C[C@@H](C#Cc2ncc(C(F)(F)F)cn2)C1. The average molecular weight is 270 g/mol. The third kappa shape index (κ3) is 3.22. The molecular formula is C12H9F3N2O2. The molecule has 19 heavy (non-hydrogen) atoms. The maximum atomic E-state index is 12.2. The van der Waals surface area contributed by atoms with Crippen LogP contribution < -0.4 is 0 Å². The number of rotatable bonds is 1. The number of carboxylic acid groups (broad SMARTS) is 1. The quantitative estimate of drug-likeness (QED) is 0.792. The summed E-state index contributed by atoms with van der Waals surface area (Å²) in [5, 5.41) is 8.66. The molecule has 0 bridgehead atoms. The van der Waals surface area contributed by atoms with E-state index in [-0.39, 0.29) is 17.7 Å². The molecule has 0 aliphatic heterocycles. The van der Waals surface area contributed by atoms with E-state index in [1.165, 1.54) is 0 Å². The summed E-state index contributed by atoms with van der Waals surface area (Å²) in [4.78, 5) is 17.6. The highest BCUT2D eigenvalue weighted by atomic mass is 19.4. The van der Waals surface area contributed by atoms with Crippen molar-refractivity contribution < 1.29 is 23.1 Å². The van der Waals surface area contributed by atoms with Gasteiger partial charge in [0.1, 0.15) is 0 Å². The minimum absolute atomic E-state index is 0.00627. The smallest absolute Gasteiger partial charge is 0.419 e. The molecule has 1 heterocycles. The minimum atomic E-state index is -4.46. The van der Waals surface area contributed by atoms with Gasteiger partial charge in [-0.3, -0.25) is 4.79 Å². The van der Waals surface area contributed by atoms with Crippen LogP contribution in [0.5, 0.6) is 0 Å². The van der Waals surface area contributed by atoms with Crippen LogP contribution in [-0.2, 0) is 11.0 Å².